The molecule has 6 nitrogen and oxygen atoms in total. The topological polar surface area (TPSA) is 78.9 Å². The highest BCUT2D eigenvalue weighted by atomic mass is 16.6. The number of rotatable bonds is 52. The molecule has 0 aromatic heterocycles. The standard InChI is InChI=1S/C65H108O6/c1-4-7-10-13-16-19-22-25-27-29-31-32-34-35-37-40-43-46-49-52-55-58-64(67)70-61-62(60-69-63(66)57-54-51-48-45-42-39-24-21-18-15-12-9-6-3)71-65(68)59-56-53-50-47-44-41-38-36-33-30-28-26-23-20-17-14-11-8-5-2/h7,9-10,12,16,18-19,21,25,27,31-32,35,37,39,42-43,46,62H,4-6,8,11,13-15,17,20,22-24,26,28-30,33-34,36,38,40-41,44-45,47-61H2,1-3H3/b10-7-,12-9-,19-16-,21-18-,27-25-,32-31-,37-35-,42-39-,46-43-. The summed E-state index contributed by atoms with van der Waals surface area (Å²) in [5, 5.41) is 0. The van der Waals surface area contributed by atoms with Crippen LogP contribution in [0.2, 0.25) is 0 Å². The van der Waals surface area contributed by atoms with Gasteiger partial charge in [-0.25, -0.2) is 0 Å². The molecule has 0 N–H and O–H groups in total. The third-order valence-corrected chi connectivity index (χ3v) is 12.3. The first-order valence-electron chi connectivity index (χ1n) is 29.4. The van der Waals surface area contributed by atoms with E-state index in [0.29, 0.717) is 25.7 Å². The van der Waals surface area contributed by atoms with Crippen molar-refractivity contribution in [1.29, 1.82) is 0 Å². The van der Waals surface area contributed by atoms with E-state index in [2.05, 4.69) is 130 Å². The van der Waals surface area contributed by atoms with Crippen LogP contribution in [0.4, 0.5) is 0 Å². The molecule has 0 saturated carbocycles. The van der Waals surface area contributed by atoms with Gasteiger partial charge < -0.3 is 14.2 Å². The first kappa shape index (κ1) is 67.1. The number of carbonyl (C=O) groups excluding carboxylic acids is 3. The van der Waals surface area contributed by atoms with Crippen LogP contribution in [-0.4, -0.2) is 37.2 Å². The zero-order valence-corrected chi connectivity index (χ0v) is 46.2. The quantitative estimate of drug-likeness (QED) is 0.0261. The average Bonchev–Trinajstić information content (AvgIpc) is 3.37. The molecule has 0 heterocycles. The molecule has 0 saturated heterocycles. The second-order valence-corrected chi connectivity index (χ2v) is 19.1. The molecule has 0 aromatic carbocycles. The number of ether oxygens (including phenoxy) is 3. The predicted octanol–water partition coefficient (Wildman–Crippen LogP) is 19.9. The second-order valence-electron chi connectivity index (χ2n) is 19.1. The molecule has 0 fully saturated rings. The van der Waals surface area contributed by atoms with Crippen LogP contribution in [0.1, 0.15) is 265 Å². The zero-order valence-electron chi connectivity index (χ0n) is 46.2. The lowest BCUT2D eigenvalue weighted by Gasteiger charge is -2.18. The Morgan fingerprint density at radius 2 is 0.549 bits per heavy atom. The van der Waals surface area contributed by atoms with Gasteiger partial charge in [-0.15, -0.1) is 0 Å². The monoisotopic (exact) mass is 985 g/mol. The number of allylic oxidation sites excluding steroid dienone is 18. The lowest BCUT2D eigenvalue weighted by Crippen LogP contribution is -2.30. The molecule has 404 valence electrons. The first-order valence-corrected chi connectivity index (χ1v) is 29.4. The van der Waals surface area contributed by atoms with E-state index in [1.54, 1.807) is 0 Å². The average molecular weight is 986 g/mol. The molecule has 0 aliphatic carbocycles. The molecule has 0 rings (SSSR count). The summed E-state index contributed by atoms with van der Waals surface area (Å²) in [6.07, 6.45) is 79.5. The lowest BCUT2D eigenvalue weighted by atomic mass is 10.0. The van der Waals surface area contributed by atoms with Gasteiger partial charge in [-0.3, -0.25) is 14.4 Å². The van der Waals surface area contributed by atoms with Crippen molar-refractivity contribution in [3.8, 4) is 0 Å². The van der Waals surface area contributed by atoms with E-state index >= 15 is 0 Å². The number of esters is 3. The van der Waals surface area contributed by atoms with Crippen LogP contribution in [0.5, 0.6) is 0 Å². The summed E-state index contributed by atoms with van der Waals surface area (Å²) in [6.45, 7) is 6.36. The SMILES string of the molecule is CC/C=C\C/C=C\C/C=C\C/C=C\C/C=C\C/C=C\CCCCC(=O)OCC(COC(=O)CCCCC/C=C\C/C=C\C/C=C\CC)OC(=O)CCCCCCCCCCCCCCCCCCCCC. The maximum atomic E-state index is 12.9. The van der Waals surface area contributed by atoms with Gasteiger partial charge in [0.1, 0.15) is 13.2 Å². The number of hydrogen-bond acceptors (Lipinski definition) is 6. The van der Waals surface area contributed by atoms with E-state index in [1.165, 1.54) is 103 Å². The second kappa shape index (κ2) is 58.6. The molecule has 1 atom stereocenters. The van der Waals surface area contributed by atoms with Gasteiger partial charge in [0.15, 0.2) is 6.10 Å². The summed E-state index contributed by atoms with van der Waals surface area (Å²) >= 11 is 0. The van der Waals surface area contributed by atoms with Crippen molar-refractivity contribution < 1.29 is 28.6 Å². The highest BCUT2D eigenvalue weighted by Gasteiger charge is 2.19. The van der Waals surface area contributed by atoms with Crippen LogP contribution in [0.3, 0.4) is 0 Å². The number of unbranched alkanes of at least 4 members (excludes halogenated alkanes) is 23. The van der Waals surface area contributed by atoms with Crippen molar-refractivity contribution in [3.63, 3.8) is 0 Å². The molecule has 1 unspecified atom stereocenters. The molecule has 0 radical (unpaired) electrons. The van der Waals surface area contributed by atoms with Gasteiger partial charge in [0.05, 0.1) is 0 Å². The summed E-state index contributed by atoms with van der Waals surface area (Å²) in [4.78, 5) is 38.2. The molecule has 0 amide bonds. The number of hydrogen-bond donors (Lipinski definition) is 0. The largest absolute Gasteiger partial charge is 0.462 e. The third kappa shape index (κ3) is 56.9. The van der Waals surface area contributed by atoms with E-state index in [1.807, 2.05) is 0 Å². The maximum absolute atomic E-state index is 12.9. The Bertz CT molecular complexity index is 1460. The Kier molecular flexibility index (Phi) is 55.4. The molecule has 0 aromatic rings. The van der Waals surface area contributed by atoms with Crippen LogP contribution < -0.4 is 0 Å². The van der Waals surface area contributed by atoms with Crippen molar-refractivity contribution >= 4 is 17.9 Å². The molecule has 0 aliphatic rings. The smallest absolute Gasteiger partial charge is 0.306 e. The molecule has 0 spiro atoms. The van der Waals surface area contributed by atoms with Crippen LogP contribution in [0, 0.1) is 0 Å². The highest BCUT2D eigenvalue weighted by Crippen LogP contribution is 2.16. The normalized spacial score (nSPS) is 12.9. The predicted molar refractivity (Wildman–Crippen MR) is 307 cm³/mol. The van der Waals surface area contributed by atoms with Crippen LogP contribution in [0.15, 0.2) is 109 Å². The van der Waals surface area contributed by atoms with Gasteiger partial charge in [-0.05, 0) is 103 Å². The van der Waals surface area contributed by atoms with Gasteiger partial charge in [0, 0.05) is 19.3 Å². The van der Waals surface area contributed by atoms with E-state index < -0.39 is 6.10 Å². The zero-order chi connectivity index (χ0) is 51.4. The van der Waals surface area contributed by atoms with E-state index in [4.69, 9.17) is 14.2 Å². The fraction of sp³-hybridized carbons (Fsp3) is 0.677. The molecule has 71 heavy (non-hydrogen) atoms. The summed E-state index contributed by atoms with van der Waals surface area (Å²) < 4.78 is 16.8. The van der Waals surface area contributed by atoms with Crippen LogP contribution >= 0.6 is 0 Å². The lowest BCUT2D eigenvalue weighted by molar-refractivity contribution is -0.167. The van der Waals surface area contributed by atoms with E-state index in [-0.39, 0.29) is 31.1 Å². The van der Waals surface area contributed by atoms with Gasteiger partial charge >= 0.3 is 17.9 Å². The van der Waals surface area contributed by atoms with Gasteiger partial charge in [-0.2, -0.15) is 0 Å². The van der Waals surface area contributed by atoms with Crippen LogP contribution in [-0.2, 0) is 28.6 Å². The van der Waals surface area contributed by atoms with E-state index in [0.717, 1.165) is 116 Å². The highest BCUT2D eigenvalue weighted by molar-refractivity contribution is 5.71. The van der Waals surface area contributed by atoms with Crippen molar-refractivity contribution in [3.05, 3.63) is 109 Å². The molecular formula is C65H108O6. The van der Waals surface area contributed by atoms with Crippen LogP contribution in [0.25, 0.3) is 0 Å². The van der Waals surface area contributed by atoms with E-state index in [9.17, 15) is 14.4 Å². The molecule has 0 aliphatic heterocycles. The fourth-order valence-corrected chi connectivity index (χ4v) is 7.93. The Morgan fingerprint density at radius 1 is 0.296 bits per heavy atom. The minimum Gasteiger partial charge on any atom is -0.462 e. The fourth-order valence-electron chi connectivity index (χ4n) is 7.93. The van der Waals surface area contributed by atoms with Gasteiger partial charge in [0.25, 0.3) is 0 Å². The van der Waals surface area contributed by atoms with Crippen molar-refractivity contribution in [2.24, 2.45) is 0 Å². The molecule has 0 bridgehead atoms. The van der Waals surface area contributed by atoms with Crippen molar-refractivity contribution in [1.82, 2.24) is 0 Å². The Labute approximate surface area is 438 Å². The van der Waals surface area contributed by atoms with Gasteiger partial charge in [-0.1, -0.05) is 252 Å². The Hall–Kier alpha value is -3.93. The molecule has 6 heteroatoms. The molecular weight excluding hydrogens is 877 g/mol. The summed E-state index contributed by atoms with van der Waals surface area (Å²) in [7, 11) is 0. The summed E-state index contributed by atoms with van der Waals surface area (Å²) in [5.41, 5.74) is 0. The minimum absolute atomic E-state index is 0.107. The summed E-state index contributed by atoms with van der Waals surface area (Å²) in [5.74, 6) is -0.973. The maximum Gasteiger partial charge on any atom is 0.306 e. The summed E-state index contributed by atoms with van der Waals surface area (Å²) in [6, 6.07) is 0. The minimum atomic E-state index is -0.809. The Morgan fingerprint density at radius 3 is 0.887 bits per heavy atom. The third-order valence-electron chi connectivity index (χ3n) is 12.3. The number of carbonyl (C=O) groups is 3. The van der Waals surface area contributed by atoms with Crippen molar-refractivity contribution in [2.45, 2.75) is 271 Å². The first-order chi connectivity index (χ1) is 35.0. The Balaban J connectivity index is 4.46. The van der Waals surface area contributed by atoms with Gasteiger partial charge in [0.2, 0.25) is 0 Å². The van der Waals surface area contributed by atoms with Crippen molar-refractivity contribution in [2.75, 3.05) is 13.2 Å².